The van der Waals surface area contributed by atoms with Gasteiger partial charge in [-0.05, 0) is 72.2 Å². The second-order valence-electron chi connectivity index (χ2n) is 11.8. The van der Waals surface area contributed by atoms with Gasteiger partial charge in [0, 0.05) is 37.1 Å². The van der Waals surface area contributed by atoms with Crippen LogP contribution < -0.4 is 14.5 Å². The maximum atomic E-state index is 10.9. The number of benzene rings is 3. The summed E-state index contributed by atoms with van der Waals surface area (Å²) in [5, 5.41) is 25.2. The van der Waals surface area contributed by atoms with Gasteiger partial charge in [-0.1, -0.05) is 66.1 Å². The summed E-state index contributed by atoms with van der Waals surface area (Å²) in [6.45, 7) is 4.70. The van der Waals surface area contributed by atoms with Gasteiger partial charge in [0.05, 0.1) is 27.2 Å². The Morgan fingerprint density at radius 3 is 1.60 bits per heavy atom. The van der Waals surface area contributed by atoms with Crippen LogP contribution in [-0.2, 0) is 46.4 Å². The summed E-state index contributed by atoms with van der Waals surface area (Å²) in [6, 6.07) is 19.1. The lowest BCUT2D eigenvalue weighted by Crippen LogP contribution is -2.23. The summed E-state index contributed by atoms with van der Waals surface area (Å²) in [5.74, 6) is 0.350. The van der Waals surface area contributed by atoms with Crippen molar-refractivity contribution in [2.24, 2.45) is 14.1 Å². The van der Waals surface area contributed by atoms with Crippen molar-refractivity contribution >= 4 is 5.69 Å². The number of aromatic hydroxyl groups is 2. The molecular formula is C40H61N5O2+2. The summed E-state index contributed by atoms with van der Waals surface area (Å²) in [6.07, 6.45) is 18.1. The molecule has 0 unspecified atom stereocenters. The predicted molar refractivity (Wildman–Crippen MR) is 197 cm³/mol. The third-order valence-electron chi connectivity index (χ3n) is 8.13. The van der Waals surface area contributed by atoms with E-state index >= 15 is 0 Å². The number of anilines is 1. The SMILES string of the molecule is C.C.C.C.Cc1c(O)c(Cc2ccc(CCCCn3cc[n+](C)c3)cc2)cc(Cc2ccc(NCCCn3cc[n+](C)c3)cc2)c1O. The van der Waals surface area contributed by atoms with E-state index in [-0.39, 0.29) is 41.2 Å². The van der Waals surface area contributed by atoms with Crippen molar-refractivity contribution in [3.05, 3.63) is 125 Å². The molecule has 2 heterocycles. The number of phenolic OH excluding ortho intramolecular Hbond substituents is 2. The number of unbranched alkanes of at least 4 members (excludes halogenated alkanes) is 1. The highest BCUT2D eigenvalue weighted by Crippen LogP contribution is 2.36. The van der Waals surface area contributed by atoms with Gasteiger partial charge in [-0.25, -0.2) is 18.3 Å². The number of hydrogen-bond acceptors (Lipinski definition) is 3. The van der Waals surface area contributed by atoms with Gasteiger partial charge in [-0.3, -0.25) is 0 Å². The topological polar surface area (TPSA) is 70.1 Å². The predicted octanol–water partition coefficient (Wildman–Crippen LogP) is 7.91. The van der Waals surface area contributed by atoms with E-state index in [1.54, 1.807) is 6.92 Å². The molecule has 0 aliphatic heterocycles. The van der Waals surface area contributed by atoms with Crippen molar-refractivity contribution in [2.45, 2.75) is 88.2 Å². The molecular weight excluding hydrogens is 582 g/mol. The Kier molecular flexibility index (Phi) is 16.6. The Balaban J connectivity index is 0.00000276. The number of imidazole rings is 2. The van der Waals surface area contributed by atoms with Crippen LogP contribution in [0.2, 0.25) is 0 Å². The first-order chi connectivity index (χ1) is 20.8. The van der Waals surface area contributed by atoms with Gasteiger partial charge in [-0.15, -0.1) is 0 Å². The van der Waals surface area contributed by atoms with Crippen LogP contribution >= 0.6 is 0 Å². The zero-order chi connectivity index (χ0) is 30.2. The minimum Gasteiger partial charge on any atom is -0.507 e. The fourth-order valence-electron chi connectivity index (χ4n) is 5.60. The number of nitrogens with zero attached hydrogens (tertiary/aromatic N) is 4. The van der Waals surface area contributed by atoms with E-state index in [2.05, 4.69) is 110 Å². The molecule has 0 saturated heterocycles. The Bertz CT molecular complexity index is 1500. The van der Waals surface area contributed by atoms with E-state index in [0.717, 1.165) is 73.3 Å². The summed E-state index contributed by atoms with van der Waals surface area (Å²) in [5.41, 5.74) is 6.90. The van der Waals surface area contributed by atoms with Crippen molar-refractivity contribution in [2.75, 3.05) is 11.9 Å². The largest absolute Gasteiger partial charge is 0.507 e. The highest BCUT2D eigenvalue weighted by molar-refractivity contribution is 5.55. The zero-order valence-electron chi connectivity index (χ0n) is 25.7. The highest BCUT2D eigenvalue weighted by atomic mass is 16.3. The van der Waals surface area contributed by atoms with Crippen LogP contribution in [0.25, 0.3) is 0 Å². The van der Waals surface area contributed by atoms with Crippen LogP contribution in [0.15, 0.2) is 92.0 Å². The molecule has 3 aromatic carbocycles. The van der Waals surface area contributed by atoms with Crippen LogP contribution in [0, 0.1) is 6.92 Å². The van der Waals surface area contributed by atoms with E-state index in [1.165, 1.54) is 5.56 Å². The van der Waals surface area contributed by atoms with E-state index in [4.69, 9.17) is 0 Å². The number of aromatic nitrogens is 4. The fourth-order valence-corrected chi connectivity index (χ4v) is 5.60. The Morgan fingerprint density at radius 1 is 0.638 bits per heavy atom. The van der Waals surface area contributed by atoms with Crippen molar-refractivity contribution < 1.29 is 19.3 Å². The first-order valence-electron chi connectivity index (χ1n) is 15.3. The molecule has 0 aliphatic carbocycles. The molecule has 0 radical (unpaired) electrons. The maximum Gasteiger partial charge on any atom is 0.243 e. The number of nitrogens with one attached hydrogen (secondary N) is 1. The summed E-state index contributed by atoms with van der Waals surface area (Å²) in [7, 11) is 4.08. The summed E-state index contributed by atoms with van der Waals surface area (Å²) >= 11 is 0. The third-order valence-corrected chi connectivity index (χ3v) is 8.13. The lowest BCUT2D eigenvalue weighted by Gasteiger charge is -2.15. The second kappa shape index (κ2) is 19.2. The molecule has 7 nitrogen and oxygen atoms in total. The Labute approximate surface area is 284 Å². The second-order valence-corrected chi connectivity index (χ2v) is 11.8. The van der Waals surface area contributed by atoms with Crippen molar-refractivity contribution in [1.82, 2.24) is 9.13 Å². The number of phenols is 2. The lowest BCUT2D eigenvalue weighted by molar-refractivity contribution is -0.671. The van der Waals surface area contributed by atoms with E-state index in [9.17, 15) is 10.2 Å². The maximum absolute atomic E-state index is 10.9. The standard InChI is InChI=1S/C36H43N5O2.4CH4/c1-28-35(42)32(23-30-10-8-29(9-11-30)7-4-5-17-40-21-19-38(2)26-40)25-33(36(28)43)24-31-12-14-34(15-13-31)37-16-6-18-41-22-20-39(3)27-41;;;;/h8-15,19-22,25-27,37H,4-7,16-18,23-24H2,1-3H3;4*1H4/p+2. The lowest BCUT2D eigenvalue weighted by atomic mass is 9.94. The molecule has 0 bridgehead atoms. The van der Waals surface area contributed by atoms with Crippen molar-refractivity contribution in [3.8, 4) is 11.5 Å². The van der Waals surface area contributed by atoms with Crippen molar-refractivity contribution in [1.29, 1.82) is 0 Å². The normalized spacial score (nSPS) is 10.3. The number of aryl methyl sites for hydroxylation is 5. The molecule has 47 heavy (non-hydrogen) atoms. The van der Waals surface area contributed by atoms with Crippen LogP contribution in [0.4, 0.5) is 5.69 Å². The Hall–Kier alpha value is -4.52. The minimum atomic E-state index is 0. The first kappa shape index (κ1) is 40.5. The van der Waals surface area contributed by atoms with Gasteiger partial charge in [-0.2, -0.15) is 0 Å². The van der Waals surface area contributed by atoms with Gasteiger partial charge in [0.1, 0.15) is 36.3 Å². The highest BCUT2D eigenvalue weighted by Gasteiger charge is 2.15. The molecule has 0 amide bonds. The van der Waals surface area contributed by atoms with Gasteiger partial charge < -0.3 is 15.5 Å². The molecule has 0 atom stereocenters. The van der Waals surface area contributed by atoms with E-state index in [0.29, 0.717) is 18.4 Å². The van der Waals surface area contributed by atoms with Crippen LogP contribution in [0.3, 0.4) is 0 Å². The molecule has 2 aromatic heterocycles. The number of rotatable bonds is 14. The van der Waals surface area contributed by atoms with Crippen LogP contribution in [0.5, 0.6) is 11.5 Å². The van der Waals surface area contributed by atoms with E-state index in [1.807, 2.05) is 20.2 Å². The molecule has 5 rings (SSSR count). The van der Waals surface area contributed by atoms with E-state index < -0.39 is 0 Å². The molecule has 256 valence electrons. The summed E-state index contributed by atoms with van der Waals surface area (Å²) < 4.78 is 8.54. The molecule has 0 spiro atoms. The molecule has 3 N–H and O–H groups in total. The fraction of sp³-hybridized carbons (Fsp3) is 0.400. The summed E-state index contributed by atoms with van der Waals surface area (Å²) in [4.78, 5) is 0. The van der Waals surface area contributed by atoms with Gasteiger partial charge in [0.15, 0.2) is 0 Å². The molecule has 0 aliphatic rings. The monoisotopic (exact) mass is 643 g/mol. The Morgan fingerprint density at radius 2 is 1.11 bits per heavy atom. The molecule has 0 saturated carbocycles. The van der Waals surface area contributed by atoms with Crippen LogP contribution in [0.1, 0.15) is 82.3 Å². The first-order valence-corrected chi connectivity index (χ1v) is 15.3. The van der Waals surface area contributed by atoms with Gasteiger partial charge in [0.25, 0.3) is 0 Å². The quantitative estimate of drug-likeness (QED) is 0.0851. The van der Waals surface area contributed by atoms with Gasteiger partial charge in [0.2, 0.25) is 12.7 Å². The zero-order valence-corrected chi connectivity index (χ0v) is 25.7. The van der Waals surface area contributed by atoms with Crippen molar-refractivity contribution in [3.63, 3.8) is 0 Å². The molecule has 0 fully saturated rings. The van der Waals surface area contributed by atoms with Crippen LogP contribution in [-0.4, -0.2) is 25.9 Å². The van der Waals surface area contributed by atoms with Gasteiger partial charge >= 0.3 is 0 Å². The minimum absolute atomic E-state index is 0. The molecule has 7 heteroatoms. The average Bonchev–Trinajstić information content (AvgIpc) is 3.63. The number of hydrogen-bond donors (Lipinski definition) is 3. The molecule has 5 aromatic rings. The smallest absolute Gasteiger partial charge is 0.243 e. The third kappa shape index (κ3) is 11.3. The average molecular weight is 644 g/mol.